The van der Waals surface area contributed by atoms with Crippen LogP contribution in [0.15, 0.2) is 68.7 Å². The number of esters is 1. The number of hydrogen-bond donors (Lipinski definition) is 1. The summed E-state index contributed by atoms with van der Waals surface area (Å²) >= 11 is 11.2. The van der Waals surface area contributed by atoms with Crippen LogP contribution in [0.4, 0.5) is 5.69 Å². The van der Waals surface area contributed by atoms with Gasteiger partial charge >= 0.3 is 5.97 Å². The van der Waals surface area contributed by atoms with Crippen LogP contribution < -0.4 is 10.1 Å². The molecular formula is C25H23BrClN3O4S. The van der Waals surface area contributed by atoms with Gasteiger partial charge in [-0.05, 0) is 68.1 Å². The van der Waals surface area contributed by atoms with Crippen LogP contribution >= 0.6 is 39.3 Å². The van der Waals surface area contributed by atoms with Crippen molar-refractivity contribution in [3.05, 3.63) is 79.9 Å². The molecule has 1 atom stereocenters. The fraction of sp³-hybridized carbons (Fsp3) is 0.240. The molecule has 182 valence electrons. The molecule has 2 aromatic carbocycles. The van der Waals surface area contributed by atoms with Crippen molar-refractivity contribution in [2.45, 2.75) is 26.8 Å². The van der Waals surface area contributed by atoms with Gasteiger partial charge in [-0.2, -0.15) is 0 Å². The molecule has 2 aliphatic rings. The number of ether oxygens (including phenoxy) is 2. The van der Waals surface area contributed by atoms with Gasteiger partial charge in [0.25, 0.3) is 5.91 Å². The molecule has 2 aromatic rings. The van der Waals surface area contributed by atoms with Gasteiger partial charge < -0.3 is 19.7 Å². The highest BCUT2D eigenvalue weighted by Crippen LogP contribution is 2.44. The molecule has 0 radical (unpaired) electrons. The second-order valence-corrected chi connectivity index (χ2v) is 10.0. The smallest absolute Gasteiger partial charge is 0.338 e. The first-order valence-electron chi connectivity index (χ1n) is 10.8. The molecule has 4 rings (SSSR count). The Bertz CT molecular complexity index is 1280. The number of carbonyl (C=O) groups excluding carboxylic acids is 2. The fourth-order valence-corrected chi connectivity index (χ4v) is 5.29. The summed E-state index contributed by atoms with van der Waals surface area (Å²) in [5.74, 6) is -0.336. The third-order valence-electron chi connectivity index (χ3n) is 5.40. The minimum atomic E-state index is -0.571. The van der Waals surface area contributed by atoms with E-state index < -0.39 is 12.0 Å². The summed E-state index contributed by atoms with van der Waals surface area (Å²) in [6, 6.07) is 10.2. The number of rotatable bonds is 7. The summed E-state index contributed by atoms with van der Waals surface area (Å²) in [5.41, 5.74) is 3.21. The highest BCUT2D eigenvalue weighted by molar-refractivity contribution is 9.10. The maximum Gasteiger partial charge on any atom is 0.338 e. The van der Waals surface area contributed by atoms with Gasteiger partial charge in [0.2, 0.25) is 0 Å². The van der Waals surface area contributed by atoms with Crippen molar-refractivity contribution in [1.82, 2.24) is 4.90 Å². The monoisotopic (exact) mass is 575 g/mol. The van der Waals surface area contributed by atoms with Gasteiger partial charge in [0.15, 0.2) is 11.8 Å². The first-order valence-corrected chi connectivity index (χ1v) is 12.9. The Morgan fingerprint density at radius 3 is 2.77 bits per heavy atom. The van der Waals surface area contributed by atoms with Crippen molar-refractivity contribution in [3.63, 3.8) is 0 Å². The van der Waals surface area contributed by atoms with Gasteiger partial charge in [0.05, 0.1) is 23.9 Å². The van der Waals surface area contributed by atoms with Crippen LogP contribution in [-0.4, -0.2) is 35.2 Å². The lowest BCUT2D eigenvalue weighted by Gasteiger charge is -2.34. The van der Waals surface area contributed by atoms with Crippen LogP contribution in [0, 0.1) is 6.92 Å². The normalized spacial score (nSPS) is 16.7. The SMILES string of the molecule is CCOC(=O)C1=C(C)N=C2SC=CN2[C@H]1c1cc(Cl)ccc1OCC(=O)Nc1ccc(Br)cc1C. The van der Waals surface area contributed by atoms with Crippen LogP contribution in [0.25, 0.3) is 0 Å². The topological polar surface area (TPSA) is 80.2 Å². The second-order valence-electron chi connectivity index (χ2n) is 7.80. The zero-order chi connectivity index (χ0) is 25.1. The van der Waals surface area contributed by atoms with Crippen LogP contribution in [0.5, 0.6) is 5.75 Å². The molecule has 35 heavy (non-hydrogen) atoms. The lowest BCUT2D eigenvalue weighted by atomic mass is 9.94. The van der Waals surface area contributed by atoms with E-state index in [2.05, 4.69) is 26.2 Å². The molecule has 1 N–H and O–H groups in total. The van der Waals surface area contributed by atoms with Crippen LogP contribution in [0.1, 0.15) is 31.0 Å². The molecule has 2 aliphatic heterocycles. The molecule has 0 saturated carbocycles. The average molecular weight is 577 g/mol. The number of amidine groups is 1. The molecule has 2 heterocycles. The lowest BCUT2D eigenvalue weighted by molar-refractivity contribution is -0.139. The quantitative estimate of drug-likeness (QED) is 0.396. The number of halogens is 2. The summed E-state index contributed by atoms with van der Waals surface area (Å²) in [6.07, 6.45) is 1.85. The number of nitrogens with one attached hydrogen (secondary N) is 1. The minimum Gasteiger partial charge on any atom is -0.483 e. The first kappa shape index (κ1) is 25.3. The Morgan fingerprint density at radius 2 is 2.03 bits per heavy atom. The Labute approximate surface area is 221 Å². The Kier molecular flexibility index (Phi) is 7.88. The number of amides is 1. The average Bonchev–Trinajstić information content (AvgIpc) is 3.27. The number of thioether (sulfide) groups is 1. The lowest BCUT2D eigenvalue weighted by Crippen LogP contribution is -2.34. The Morgan fingerprint density at radius 1 is 1.23 bits per heavy atom. The van der Waals surface area contributed by atoms with Gasteiger partial charge in [0, 0.05) is 26.9 Å². The van der Waals surface area contributed by atoms with E-state index in [4.69, 9.17) is 21.1 Å². The highest BCUT2D eigenvalue weighted by atomic mass is 79.9. The van der Waals surface area contributed by atoms with E-state index in [1.165, 1.54) is 11.8 Å². The number of aryl methyl sites for hydroxylation is 1. The molecule has 0 spiro atoms. The van der Waals surface area contributed by atoms with Gasteiger partial charge in [-0.15, -0.1) is 0 Å². The van der Waals surface area contributed by atoms with E-state index in [0.29, 0.717) is 33.3 Å². The number of benzene rings is 2. The predicted octanol–water partition coefficient (Wildman–Crippen LogP) is 6.20. The highest BCUT2D eigenvalue weighted by Gasteiger charge is 2.39. The molecule has 1 amide bonds. The van der Waals surface area contributed by atoms with Gasteiger partial charge in [-0.25, -0.2) is 9.79 Å². The van der Waals surface area contributed by atoms with Gasteiger partial charge in [-0.3, -0.25) is 4.79 Å². The summed E-state index contributed by atoms with van der Waals surface area (Å²) in [7, 11) is 0. The van der Waals surface area contributed by atoms with E-state index in [-0.39, 0.29) is 19.1 Å². The standard InChI is InChI=1S/C25H23BrClN3O4S/c1-4-33-24(32)22-15(3)28-25-30(9-10-35-25)23(22)18-12-17(27)6-8-20(18)34-13-21(31)29-19-7-5-16(26)11-14(19)2/h5-12,23H,4,13H2,1-3H3,(H,29,31)/t23-/m0/s1. The number of allylic oxidation sites excluding steroid dienone is 1. The maximum absolute atomic E-state index is 13.0. The first-order chi connectivity index (χ1) is 16.8. The van der Waals surface area contributed by atoms with Crippen molar-refractivity contribution in [1.29, 1.82) is 0 Å². The van der Waals surface area contributed by atoms with Crippen molar-refractivity contribution in [3.8, 4) is 5.75 Å². The zero-order valence-corrected chi connectivity index (χ0v) is 22.5. The molecule has 7 nitrogen and oxygen atoms in total. The molecule has 0 bridgehead atoms. The summed E-state index contributed by atoms with van der Waals surface area (Å²) < 4.78 is 12.2. The zero-order valence-electron chi connectivity index (χ0n) is 19.3. The van der Waals surface area contributed by atoms with Crippen molar-refractivity contribution >= 4 is 62.0 Å². The molecule has 10 heteroatoms. The van der Waals surface area contributed by atoms with Gasteiger partial charge in [-0.1, -0.05) is 39.3 Å². The number of carbonyl (C=O) groups is 2. The number of hydrogen-bond acceptors (Lipinski definition) is 7. The molecule has 0 aromatic heterocycles. The van der Waals surface area contributed by atoms with Crippen LogP contribution in [-0.2, 0) is 14.3 Å². The Hall–Kier alpha value is -2.75. The molecule has 0 fully saturated rings. The number of nitrogens with zero attached hydrogens (tertiary/aromatic N) is 2. The van der Waals surface area contributed by atoms with E-state index in [1.807, 2.05) is 41.6 Å². The summed E-state index contributed by atoms with van der Waals surface area (Å²) in [4.78, 5) is 32.1. The number of anilines is 1. The molecule has 0 aliphatic carbocycles. The van der Waals surface area contributed by atoms with Crippen LogP contribution in [0.2, 0.25) is 5.02 Å². The van der Waals surface area contributed by atoms with Crippen molar-refractivity contribution in [2.24, 2.45) is 4.99 Å². The van der Waals surface area contributed by atoms with E-state index >= 15 is 0 Å². The fourth-order valence-electron chi connectivity index (χ4n) is 3.84. The third-order valence-corrected chi connectivity index (χ3v) is 6.90. The van der Waals surface area contributed by atoms with Crippen molar-refractivity contribution in [2.75, 3.05) is 18.5 Å². The van der Waals surface area contributed by atoms with Crippen LogP contribution in [0.3, 0.4) is 0 Å². The summed E-state index contributed by atoms with van der Waals surface area (Å²) in [6.45, 7) is 5.46. The Balaban J connectivity index is 1.63. The maximum atomic E-state index is 13.0. The largest absolute Gasteiger partial charge is 0.483 e. The number of aliphatic imine (C=N–C) groups is 1. The number of fused-ring (bicyclic) bond motifs is 1. The third kappa shape index (κ3) is 5.58. The second kappa shape index (κ2) is 10.9. The molecule has 0 saturated heterocycles. The van der Waals surface area contributed by atoms with E-state index in [1.54, 1.807) is 32.0 Å². The summed E-state index contributed by atoms with van der Waals surface area (Å²) in [5, 5.41) is 5.97. The minimum absolute atomic E-state index is 0.222. The van der Waals surface area contributed by atoms with E-state index in [9.17, 15) is 9.59 Å². The molecule has 0 unspecified atom stereocenters. The predicted molar refractivity (Wildman–Crippen MR) is 143 cm³/mol. The van der Waals surface area contributed by atoms with Crippen molar-refractivity contribution < 1.29 is 19.1 Å². The van der Waals surface area contributed by atoms with E-state index in [0.717, 1.165) is 15.2 Å². The molecular weight excluding hydrogens is 554 g/mol. The van der Waals surface area contributed by atoms with Gasteiger partial charge in [0.1, 0.15) is 5.75 Å².